The minimum Gasteiger partial charge on any atom is -0.376 e. The largest absolute Gasteiger partial charge is 0.376 e. The molecule has 1 rings (SSSR count). The van der Waals surface area contributed by atoms with Gasteiger partial charge in [0.2, 0.25) is 0 Å². The molecule has 1 unspecified atom stereocenters. The zero-order valence-electron chi connectivity index (χ0n) is 10.5. The van der Waals surface area contributed by atoms with E-state index in [0.29, 0.717) is 24.0 Å². The van der Waals surface area contributed by atoms with Crippen LogP contribution in [0.2, 0.25) is 0 Å². The first kappa shape index (κ1) is 12.9. The summed E-state index contributed by atoms with van der Waals surface area (Å²) in [5.41, 5.74) is 0. The minimum atomic E-state index is 0.317. The fourth-order valence-corrected chi connectivity index (χ4v) is 1.50. The van der Waals surface area contributed by atoms with Crippen LogP contribution in [0.1, 0.15) is 27.7 Å². The van der Waals surface area contributed by atoms with Gasteiger partial charge in [-0.25, -0.2) is 0 Å². The van der Waals surface area contributed by atoms with Crippen molar-refractivity contribution < 1.29 is 9.47 Å². The summed E-state index contributed by atoms with van der Waals surface area (Å²) in [6.07, 6.45) is 0.649. The molecule has 3 heteroatoms. The van der Waals surface area contributed by atoms with E-state index >= 15 is 0 Å². The molecule has 0 aromatic heterocycles. The second-order valence-corrected chi connectivity index (χ2v) is 5.13. The Balaban J connectivity index is 2.17. The Kier molecular flexibility index (Phi) is 5.58. The van der Waals surface area contributed by atoms with Crippen LogP contribution in [0, 0.1) is 11.8 Å². The van der Waals surface area contributed by atoms with Crippen LogP contribution in [0.15, 0.2) is 0 Å². The molecule has 0 bridgehead atoms. The van der Waals surface area contributed by atoms with Crippen LogP contribution >= 0.6 is 0 Å². The van der Waals surface area contributed by atoms with E-state index in [1.165, 1.54) is 0 Å². The van der Waals surface area contributed by atoms with Gasteiger partial charge in [-0.05, 0) is 18.4 Å². The first-order valence-electron chi connectivity index (χ1n) is 6.03. The maximum atomic E-state index is 5.94. The highest BCUT2D eigenvalue weighted by molar-refractivity contribution is 4.72. The second-order valence-electron chi connectivity index (χ2n) is 5.13. The number of hydrogen-bond acceptors (Lipinski definition) is 3. The van der Waals surface area contributed by atoms with Crippen molar-refractivity contribution in [3.05, 3.63) is 0 Å². The summed E-state index contributed by atoms with van der Waals surface area (Å²) in [4.78, 5) is 0. The van der Waals surface area contributed by atoms with Gasteiger partial charge in [0.25, 0.3) is 0 Å². The van der Waals surface area contributed by atoms with Crippen molar-refractivity contribution in [1.29, 1.82) is 0 Å². The van der Waals surface area contributed by atoms with Crippen molar-refractivity contribution in [1.82, 2.24) is 5.32 Å². The molecule has 0 aromatic carbocycles. The Morgan fingerprint density at radius 1 is 1.20 bits per heavy atom. The average Bonchev–Trinajstić information content (AvgIpc) is 2.06. The quantitative estimate of drug-likeness (QED) is 0.701. The third kappa shape index (κ3) is 4.96. The number of nitrogens with one attached hydrogen (secondary N) is 1. The first-order chi connectivity index (χ1) is 7.09. The van der Waals surface area contributed by atoms with Gasteiger partial charge in [0.15, 0.2) is 0 Å². The van der Waals surface area contributed by atoms with Gasteiger partial charge in [-0.3, -0.25) is 0 Å². The van der Waals surface area contributed by atoms with Gasteiger partial charge in [-0.1, -0.05) is 27.7 Å². The van der Waals surface area contributed by atoms with Crippen molar-refractivity contribution >= 4 is 0 Å². The summed E-state index contributed by atoms with van der Waals surface area (Å²) < 4.78 is 11.1. The summed E-state index contributed by atoms with van der Waals surface area (Å²) >= 11 is 0. The standard InChI is InChI=1S/C12H25NO2/c1-9(2)5-13-6-12(10(3)4)15-11-7-14-8-11/h9-13H,5-8H2,1-4H3. The fourth-order valence-electron chi connectivity index (χ4n) is 1.50. The molecule has 0 radical (unpaired) electrons. The molecule has 3 nitrogen and oxygen atoms in total. The second kappa shape index (κ2) is 6.46. The Bertz CT molecular complexity index is 167. The predicted octanol–water partition coefficient (Wildman–Crippen LogP) is 1.67. The molecule has 1 aliphatic rings. The maximum absolute atomic E-state index is 5.94. The number of ether oxygens (including phenoxy) is 2. The lowest BCUT2D eigenvalue weighted by Crippen LogP contribution is -2.44. The fraction of sp³-hybridized carbons (Fsp3) is 1.00. The van der Waals surface area contributed by atoms with Crippen LogP contribution in [0.25, 0.3) is 0 Å². The topological polar surface area (TPSA) is 30.5 Å². The van der Waals surface area contributed by atoms with E-state index in [4.69, 9.17) is 9.47 Å². The molecule has 1 N–H and O–H groups in total. The van der Waals surface area contributed by atoms with Crippen LogP contribution in [0.5, 0.6) is 0 Å². The first-order valence-corrected chi connectivity index (χ1v) is 6.03. The summed E-state index contributed by atoms with van der Waals surface area (Å²) in [5.74, 6) is 1.26. The third-order valence-electron chi connectivity index (χ3n) is 2.62. The molecular weight excluding hydrogens is 190 g/mol. The predicted molar refractivity (Wildman–Crippen MR) is 62.0 cm³/mol. The molecule has 15 heavy (non-hydrogen) atoms. The van der Waals surface area contributed by atoms with Crippen molar-refractivity contribution in [2.75, 3.05) is 26.3 Å². The lowest BCUT2D eigenvalue weighted by atomic mass is 10.1. The molecule has 0 spiro atoms. The minimum absolute atomic E-state index is 0.317. The van der Waals surface area contributed by atoms with Crippen LogP contribution in [0.4, 0.5) is 0 Å². The van der Waals surface area contributed by atoms with E-state index in [9.17, 15) is 0 Å². The SMILES string of the molecule is CC(C)CNCC(OC1COC1)C(C)C. The Labute approximate surface area is 93.5 Å². The summed E-state index contributed by atoms with van der Waals surface area (Å²) in [7, 11) is 0. The zero-order chi connectivity index (χ0) is 11.3. The average molecular weight is 215 g/mol. The lowest BCUT2D eigenvalue weighted by molar-refractivity contribution is -0.161. The summed E-state index contributed by atoms with van der Waals surface area (Å²) in [6, 6.07) is 0. The molecule has 1 fully saturated rings. The highest BCUT2D eigenvalue weighted by Gasteiger charge is 2.24. The highest BCUT2D eigenvalue weighted by Crippen LogP contribution is 2.13. The maximum Gasteiger partial charge on any atom is 0.105 e. The van der Waals surface area contributed by atoms with E-state index < -0.39 is 0 Å². The highest BCUT2D eigenvalue weighted by atomic mass is 16.6. The van der Waals surface area contributed by atoms with Crippen LogP contribution in [0.3, 0.4) is 0 Å². The molecule has 1 atom stereocenters. The Morgan fingerprint density at radius 2 is 1.87 bits per heavy atom. The van der Waals surface area contributed by atoms with Gasteiger partial charge in [-0.15, -0.1) is 0 Å². The molecule has 1 heterocycles. The Hall–Kier alpha value is -0.120. The number of rotatable bonds is 7. The molecule has 1 aliphatic heterocycles. The third-order valence-corrected chi connectivity index (χ3v) is 2.62. The van der Waals surface area contributed by atoms with E-state index in [1.54, 1.807) is 0 Å². The van der Waals surface area contributed by atoms with Crippen molar-refractivity contribution in [3.63, 3.8) is 0 Å². The molecule has 0 saturated carbocycles. The van der Waals surface area contributed by atoms with Crippen LogP contribution < -0.4 is 5.32 Å². The number of hydrogen-bond donors (Lipinski definition) is 1. The van der Waals surface area contributed by atoms with E-state index in [0.717, 1.165) is 26.3 Å². The zero-order valence-corrected chi connectivity index (χ0v) is 10.5. The Morgan fingerprint density at radius 3 is 2.27 bits per heavy atom. The lowest BCUT2D eigenvalue weighted by Gasteiger charge is -2.32. The molecule has 0 aromatic rings. The van der Waals surface area contributed by atoms with E-state index in [2.05, 4.69) is 33.0 Å². The molecule has 90 valence electrons. The van der Waals surface area contributed by atoms with Gasteiger partial charge in [0.05, 0.1) is 19.3 Å². The van der Waals surface area contributed by atoms with Crippen molar-refractivity contribution in [3.8, 4) is 0 Å². The summed E-state index contributed by atoms with van der Waals surface area (Å²) in [5, 5.41) is 3.45. The van der Waals surface area contributed by atoms with Gasteiger partial charge in [0, 0.05) is 6.54 Å². The molecule has 0 aliphatic carbocycles. The molecule has 0 amide bonds. The van der Waals surface area contributed by atoms with Gasteiger partial charge >= 0.3 is 0 Å². The van der Waals surface area contributed by atoms with Gasteiger partial charge in [-0.2, -0.15) is 0 Å². The molecule has 1 saturated heterocycles. The van der Waals surface area contributed by atoms with Gasteiger partial charge in [0.1, 0.15) is 6.10 Å². The monoisotopic (exact) mass is 215 g/mol. The van der Waals surface area contributed by atoms with Crippen LogP contribution in [-0.2, 0) is 9.47 Å². The van der Waals surface area contributed by atoms with E-state index in [-0.39, 0.29) is 0 Å². The van der Waals surface area contributed by atoms with Crippen LogP contribution in [-0.4, -0.2) is 38.5 Å². The normalized spacial score (nSPS) is 19.6. The van der Waals surface area contributed by atoms with Gasteiger partial charge < -0.3 is 14.8 Å². The van der Waals surface area contributed by atoms with Crippen molar-refractivity contribution in [2.24, 2.45) is 11.8 Å². The molecular formula is C12H25NO2. The summed E-state index contributed by atoms with van der Waals surface area (Å²) in [6.45, 7) is 12.4. The van der Waals surface area contributed by atoms with Crippen molar-refractivity contribution in [2.45, 2.75) is 39.9 Å². The smallest absolute Gasteiger partial charge is 0.105 e. The van der Waals surface area contributed by atoms with E-state index in [1.807, 2.05) is 0 Å².